The van der Waals surface area contributed by atoms with Gasteiger partial charge in [-0.2, -0.15) is 0 Å². The molecule has 2 unspecified atom stereocenters. The molecule has 1 rings (SSSR count). The second-order valence-corrected chi connectivity index (χ2v) is 7.17. The summed E-state index contributed by atoms with van der Waals surface area (Å²) in [5, 5.41) is 3.94. The first-order valence-corrected chi connectivity index (χ1v) is 7.84. The maximum absolute atomic E-state index is 3.94. The minimum absolute atomic E-state index is 0.714. The number of nitrogens with one attached hydrogen (secondary N) is 1. The number of hydrogen-bond donors (Lipinski definition) is 1. The van der Waals surface area contributed by atoms with E-state index in [1.54, 1.807) is 0 Å². The van der Waals surface area contributed by atoms with Crippen LogP contribution < -0.4 is 5.32 Å². The van der Waals surface area contributed by atoms with Gasteiger partial charge in [0.25, 0.3) is 0 Å². The lowest BCUT2D eigenvalue weighted by Gasteiger charge is -2.38. The molecule has 0 spiro atoms. The van der Waals surface area contributed by atoms with Crippen molar-refractivity contribution in [1.29, 1.82) is 0 Å². The van der Waals surface area contributed by atoms with Gasteiger partial charge >= 0.3 is 0 Å². The average molecular weight is 254 g/mol. The third-order valence-corrected chi connectivity index (χ3v) is 4.19. The molecule has 0 aromatic carbocycles. The van der Waals surface area contributed by atoms with Crippen LogP contribution in [0.1, 0.15) is 60.3 Å². The van der Waals surface area contributed by atoms with Crippen molar-refractivity contribution in [2.75, 3.05) is 13.6 Å². The lowest BCUT2D eigenvalue weighted by atomic mass is 9.92. The summed E-state index contributed by atoms with van der Waals surface area (Å²) in [4.78, 5) is 2.48. The Labute approximate surface area is 115 Å². The molecule has 0 amide bonds. The molecule has 1 saturated heterocycles. The van der Waals surface area contributed by atoms with Gasteiger partial charge in [-0.25, -0.2) is 0 Å². The van der Waals surface area contributed by atoms with Gasteiger partial charge in [0, 0.05) is 18.1 Å². The summed E-state index contributed by atoms with van der Waals surface area (Å²) in [5.41, 5.74) is 0. The van der Waals surface area contributed by atoms with E-state index in [1.807, 2.05) is 0 Å². The average Bonchev–Trinajstić information content (AvgIpc) is 2.21. The highest BCUT2D eigenvalue weighted by Gasteiger charge is 2.25. The predicted octanol–water partition coefficient (Wildman–Crippen LogP) is 3.52. The van der Waals surface area contributed by atoms with Crippen LogP contribution in [0.5, 0.6) is 0 Å². The van der Waals surface area contributed by atoms with Crippen molar-refractivity contribution in [3.8, 4) is 0 Å². The molecular formula is C16H34N2. The fourth-order valence-corrected chi connectivity index (χ4v) is 3.14. The van der Waals surface area contributed by atoms with Crippen molar-refractivity contribution in [2.45, 2.75) is 78.4 Å². The van der Waals surface area contributed by atoms with Gasteiger partial charge in [-0.3, -0.25) is 0 Å². The maximum Gasteiger partial charge on any atom is 0.00966 e. The van der Waals surface area contributed by atoms with E-state index in [1.165, 1.54) is 32.2 Å². The molecule has 1 N–H and O–H groups in total. The summed E-state index contributed by atoms with van der Waals surface area (Å²) in [6, 6.07) is 2.18. The van der Waals surface area contributed by atoms with Gasteiger partial charge in [-0.1, -0.05) is 27.7 Å². The first-order chi connectivity index (χ1) is 8.38. The summed E-state index contributed by atoms with van der Waals surface area (Å²) in [5.74, 6) is 1.59. The Hall–Kier alpha value is -0.0800. The molecule has 108 valence electrons. The van der Waals surface area contributed by atoms with E-state index < -0.39 is 0 Å². The fourth-order valence-electron chi connectivity index (χ4n) is 3.14. The Morgan fingerprint density at radius 3 is 2.11 bits per heavy atom. The maximum atomic E-state index is 3.94. The predicted molar refractivity (Wildman–Crippen MR) is 80.9 cm³/mol. The number of piperidine rings is 1. The van der Waals surface area contributed by atoms with Crippen molar-refractivity contribution in [2.24, 2.45) is 11.8 Å². The van der Waals surface area contributed by atoms with E-state index in [9.17, 15) is 0 Å². The Morgan fingerprint density at radius 1 is 1.11 bits per heavy atom. The standard InChI is InChI=1S/C16H34N2/c1-12(2)9-16(10-13(3)4)17-15-7-8-18(6)14(5)11-15/h12-17H,7-11H2,1-6H3. The zero-order chi connectivity index (χ0) is 13.7. The van der Waals surface area contributed by atoms with Crippen LogP contribution in [0.4, 0.5) is 0 Å². The van der Waals surface area contributed by atoms with Crippen molar-refractivity contribution in [3.05, 3.63) is 0 Å². The Bertz CT molecular complexity index is 215. The molecule has 0 radical (unpaired) electrons. The van der Waals surface area contributed by atoms with E-state index in [-0.39, 0.29) is 0 Å². The highest BCUT2D eigenvalue weighted by molar-refractivity contribution is 4.84. The summed E-state index contributed by atoms with van der Waals surface area (Å²) in [6.07, 6.45) is 5.26. The topological polar surface area (TPSA) is 15.3 Å². The third-order valence-electron chi connectivity index (χ3n) is 4.19. The first-order valence-electron chi connectivity index (χ1n) is 7.84. The third kappa shape index (κ3) is 5.71. The molecule has 0 bridgehead atoms. The van der Waals surface area contributed by atoms with Crippen LogP contribution in [0.3, 0.4) is 0 Å². The normalized spacial score (nSPS) is 26.5. The minimum atomic E-state index is 0.714. The summed E-state index contributed by atoms with van der Waals surface area (Å²) in [6.45, 7) is 13.0. The van der Waals surface area contributed by atoms with Gasteiger partial charge in [0.05, 0.1) is 0 Å². The van der Waals surface area contributed by atoms with Gasteiger partial charge in [0.15, 0.2) is 0 Å². The number of rotatable bonds is 6. The van der Waals surface area contributed by atoms with Crippen LogP contribution >= 0.6 is 0 Å². The second-order valence-electron chi connectivity index (χ2n) is 7.17. The number of hydrogen-bond acceptors (Lipinski definition) is 2. The summed E-state index contributed by atoms with van der Waals surface area (Å²) < 4.78 is 0. The Balaban J connectivity index is 2.44. The number of likely N-dealkylation sites (tertiary alicyclic amines) is 1. The van der Waals surface area contributed by atoms with Gasteiger partial charge < -0.3 is 10.2 Å². The van der Waals surface area contributed by atoms with Crippen molar-refractivity contribution >= 4 is 0 Å². The van der Waals surface area contributed by atoms with Gasteiger partial charge in [0.2, 0.25) is 0 Å². The molecular weight excluding hydrogens is 220 g/mol. The van der Waals surface area contributed by atoms with Crippen molar-refractivity contribution in [3.63, 3.8) is 0 Å². The molecule has 0 aromatic rings. The highest BCUT2D eigenvalue weighted by Crippen LogP contribution is 2.19. The molecule has 18 heavy (non-hydrogen) atoms. The fraction of sp³-hybridized carbons (Fsp3) is 1.00. The molecule has 1 aliphatic rings. The molecule has 2 atom stereocenters. The minimum Gasteiger partial charge on any atom is -0.311 e. The van der Waals surface area contributed by atoms with Crippen LogP contribution in [0.25, 0.3) is 0 Å². The van der Waals surface area contributed by atoms with Gasteiger partial charge in [0.1, 0.15) is 0 Å². The van der Waals surface area contributed by atoms with E-state index in [0.717, 1.165) is 23.9 Å². The van der Waals surface area contributed by atoms with Crippen LogP contribution in [-0.2, 0) is 0 Å². The summed E-state index contributed by atoms with van der Waals surface area (Å²) >= 11 is 0. The van der Waals surface area contributed by atoms with E-state index in [0.29, 0.717) is 6.04 Å². The van der Waals surface area contributed by atoms with Crippen LogP contribution in [0, 0.1) is 11.8 Å². The second kappa shape index (κ2) is 7.49. The zero-order valence-electron chi connectivity index (χ0n) is 13.4. The van der Waals surface area contributed by atoms with Gasteiger partial charge in [-0.05, 0) is 58.0 Å². The molecule has 2 heteroatoms. The van der Waals surface area contributed by atoms with E-state index >= 15 is 0 Å². The lowest BCUT2D eigenvalue weighted by Crippen LogP contribution is -2.49. The van der Waals surface area contributed by atoms with E-state index in [4.69, 9.17) is 0 Å². The van der Waals surface area contributed by atoms with E-state index in [2.05, 4.69) is 51.9 Å². The monoisotopic (exact) mass is 254 g/mol. The molecule has 2 nitrogen and oxygen atoms in total. The smallest absolute Gasteiger partial charge is 0.00966 e. The van der Waals surface area contributed by atoms with Crippen molar-refractivity contribution < 1.29 is 0 Å². The Kier molecular flexibility index (Phi) is 6.65. The highest BCUT2D eigenvalue weighted by atomic mass is 15.1. The van der Waals surface area contributed by atoms with Crippen LogP contribution in [0.15, 0.2) is 0 Å². The molecule has 1 aliphatic heterocycles. The molecule has 1 fully saturated rings. The first kappa shape index (κ1) is 16.0. The van der Waals surface area contributed by atoms with Crippen molar-refractivity contribution in [1.82, 2.24) is 10.2 Å². The quantitative estimate of drug-likeness (QED) is 0.780. The molecule has 0 aliphatic carbocycles. The van der Waals surface area contributed by atoms with Crippen LogP contribution in [-0.4, -0.2) is 36.6 Å². The SMILES string of the molecule is CC(C)CC(CC(C)C)NC1CCN(C)C(C)C1. The van der Waals surface area contributed by atoms with Crippen LogP contribution in [0.2, 0.25) is 0 Å². The molecule has 0 saturated carbocycles. The lowest BCUT2D eigenvalue weighted by molar-refractivity contribution is 0.156. The number of nitrogens with zero attached hydrogens (tertiary/aromatic N) is 1. The Morgan fingerprint density at radius 2 is 1.67 bits per heavy atom. The molecule has 0 aromatic heterocycles. The van der Waals surface area contributed by atoms with Gasteiger partial charge in [-0.15, -0.1) is 0 Å². The zero-order valence-corrected chi connectivity index (χ0v) is 13.4. The summed E-state index contributed by atoms with van der Waals surface area (Å²) in [7, 11) is 2.25. The largest absolute Gasteiger partial charge is 0.311 e. The molecule has 1 heterocycles.